The number of hydrogen-bond acceptors (Lipinski definition) is 5. The van der Waals surface area contributed by atoms with Gasteiger partial charge in [-0.1, -0.05) is 48.2 Å². The van der Waals surface area contributed by atoms with E-state index in [4.69, 9.17) is 4.74 Å². The summed E-state index contributed by atoms with van der Waals surface area (Å²) in [5.41, 5.74) is 9.32. The van der Waals surface area contributed by atoms with Crippen molar-refractivity contribution in [2.75, 3.05) is 26.7 Å². The first-order valence-corrected chi connectivity index (χ1v) is 11.1. The van der Waals surface area contributed by atoms with Gasteiger partial charge in [0, 0.05) is 37.5 Å². The molecule has 5 heteroatoms. The molecular weight excluding hydrogens is 384 g/mol. The molecule has 4 rings (SSSR count). The predicted molar refractivity (Wildman–Crippen MR) is 125 cm³/mol. The first kappa shape index (κ1) is 21.5. The Morgan fingerprint density at radius 2 is 2.03 bits per heavy atom. The lowest BCUT2D eigenvalue weighted by Crippen LogP contribution is -2.42. The second kappa shape index (κ2) is 10.5. The van der Waals surface area contributed by atoms with E-state index < -0.39 is 0 Å². The van der Waals surface area contributed by atoms with Gasteiger partial charge in [-0.15, -0.1) is 5.53 Å². The topological polar surface area (TPSA) is 39.8 Å². The van der Waals surface area contributed by atoms with E-state index in [2.05, 4.69) is 95.3 Å². The Kier molecular flexibility index (Phi) is 7.26. The van der Waals surface area contributed by atoms with Crippen molar-refractivity contribution in [2.45, 2.75) is 38.8 Å². The van der Waals surface area contributed by atoms with Crippen molar-refractivity contribution in [3.05, 3.63) is 77.0 Å². The van der Waals surface area contributed by atoms with Crippen LogP contribution in [0.3, 0.4) is 0 Å². The van der Waals surface area contributed by atoms with Crippen LogP contribution in [0.4, 0.5) is 0 Å². The Bertz CT molecular complexity index is 954. The molecule has 31 heavy (non-hydrogen) atoms. The van der Waals surface area contributed by atoms with Crippen molar-refractivity contribution < 1.29 is 4.74 Å². The summed E-state index contributed by atoms with van der Waals surface area (Å²) in [6.07, 6.45) is 6.05. The summed E-state index contributed by atoms with van der Waals surface area (Å²) in [5, 5.41) is 7.59. The fourth-order valence-electron chi connectivity index (χ4n) is 4.01. The smallest absolute Gasteiger partial charge is 0.0783 e. The third-order valence-corrected chi connectivity index (χ3v) is 5.72. The largest absolute Gasteiger partial charge is 0.376 e. The zero-order valence-corrected chi connectivity index (χ0v) is 18.5. The van der Waals surface area contributed by atoms with E-state index >= 15 is 0 Å². The minimum atomic E-state index is 0.298. The van der Waals surface area contributed by atoms with Crippen LogP contribution in [0.15, 0.2) is 54.7 Å². The number of hydrazine groups is 2. The highest BCUT2D eigenvalue weighted by Gasteiger charge is 2.23. The molecule has 5 nitrogen and oxygen atoms in total. The lowest BCUT2D eigenvalue weighted by Gasteiger charge is -2.28. The molecule has 1 saturated heterocycles. The van der Waals surface area contributed by atoms with Crippen LogP contribution in [0.25, 0.3) is 5.70 Å². The van der Waals surface area contributed by atoms with Crippen LogP contribution in [0.1, 0.15) is 41.5 Å². The molecule has 0 amide bonds. The lowest BCUT2D eigenvalue weighted by molar-refractivity contribution is -0.0122. The van der Waals surface area contributed by atoms with Crippen LogP contribution >= 0.6 is 0 Å². The highest BCUT2D eigenvalue weighted by molar-refractivity contribution is 5.68. The minimum Gasteiger partial charge on any atom is -0.376 e. The van der Waals surface area contributed by atoms with Gasteiger partial charge in [0.25, 0.3) is 0 Å². The van der Waals surface area contributed by atoms with Crippen molar-refractivity contribution in [3.8, 4) is 11.8 Å². The molecule has 1 fully saturated rings. The third kappa shape index (κ3) is 5.89. The molecule has 2 heterocycles. The average molecular weight is 417 g/mol. The fraction of sp³-hybridized carbons (Fsp3) is 0.385. The van der Waals surface area contributed by atoms with E-state index in [0.717, 1.165) is 37.4 Å². The van der Waals surface area contributed by atoms with Gasteiger partial charge in [0.05, 0.1) is 24.9 Å². The summed E-state index contributed by atoms with van der Waals surface area (Å²) in [4.78, 5) is 0. The maximum absolute atomic E-state index is 5.90. The third-order valence-electron chi connectivity index (χ3n) is 5.72. The molecule has 162 valence electrons. The van der Waals surface area contributed by atoms with Gasteiger partial charge < -0.3 is 10.1 Å². The summed E-state index contributed by atoms with van der Waals surface area (Å²) < 4.78 is 5.90. The summed E-state index contributed by atoms with van der Waals surface area (Å²) in [6.45, 7) is 5.38. The second-order valence-corrected chi connectivity index (χ2v) is 8.23. The van der Waals surface area contributed by atoms with Gasteiger partial charge in [-0.25, -0.2) is 0 Å². The van der Waals surface area contributed by atoms with Gasteiger partial charge in [-0.05, 0) is 49.4 Å². The lowest BCUT2D eigenvalue weighted by atomic mass is 10.0. The first-order valence-electron chi connectivity index (χ1n) is 11.1. The molecule has 2 aromatic carbocycles. The molecule has 0 radical (unpaired) electrons. The second-order valence-electron chi connectivity index (χ2n) is 8.23. The van der Waals surface area contributed by atoms with E-state index in [1.54, 1.807) is 0 Å². The number of rotatable bonds is 6. The van der Waals surface area contributed by atoms with E-state index in [0.29, 0.717) is 12.6 Å². The quantitative estimate of drug-likeness (QED) is 0.555. The highest BCUT2D eigenvalue weighted by atomic mass is 16.5. The highest BCUT2D eigenvalue weighted by Crippen LogP contribution is 2.26. The van der Waals surface area contributed by atoms with Crippen molar-refractivity contribution in [1.82, 2.24) is 20.9 Å². The van der Waals surface area contributed by atoms with Crippen LogP contribution < -0.4 is 10.9 Å². The van der Waals surface area contributed by atoms with Crippen LogP contribution in [-0.2, 0) is 11.3 Å². The van der Waals surface area contributed by atoms with Crippen LogP contribution in [0, 0.1) is 18.8 Å². The van der Waals surface area contributed by atoms with Crippen LogP contribution in [0.2, 0.25) is 0 Å². The molecule has 2 aliphatic rings. The standard InChI is InChI=1S/C26H32N4O/c1-21-13-14-22(11-8-15-27-18-23-9-4-3-5-10-23)17-25(21)26-20-30(28-29(26)2)19-24-12-6-7-16-31-24/h3-5,9-10,13-14,17,20,24,27-28H,6-7,12,15-16,18-19H2,1-2H3/t24-/m1/s1. The van der Waals surface area contributed by atoms with E-state index in [-0.39, 0.29) is 0 Å². The number of benzene rings is 2. The zero-order chi connectivity index (χ0) is 21.5. The Hall–Kier alpha value is -2.78. The maximum atomic E-state index is 5.90. The predicted octanol–water partition coefficient (Wildman–Crippen LogP) is 3.67. The van der Waals surface area contributed by atoms with Gasteiger partial charge in [-0.2, -0.15) is 0 Å². The van der Waals surface area contributed by atoms with Crippen molar-refractivity contribution in [3.63, 3.8) is 0 Å². The summed E-state index contributed by atoms with van der Waals surface area (Å²) in [5.74, 6) is 6.55. The minimum absolute atomic E-state index is 0.298. The summed E-state index contributed by atoms with van der Waals surface area (Å²) in [7, 11) is 2.05. The molecule has 1 atom stereocenters. The van der Waals surface area contributed by atoms with E-state index in [9.17, 15) is 0 Å². The first-order chi connectivity index (χ1) is 15.2. The van der Waals surface area contributed by atoms with Gasteiger partial charge in [-0.3, -0.25) is 10.0 Å². The molecule has 0 bridgehead atoms. The molecule has 0 aliphatic carbocycles. The fourth-order valence-corrected chi connectivity index (χ4v) is 4.01. The monoisotopic (exact) mass is 416 g/mol. The van der Waals surface area contributed by atoms with E-state index in [1.165, 1.54) is 29.5 Å². The Labute approximate surface area is 186 Å². The van der Waals surface area contributed by atoms with Crippen molar-refractivity contribution in [2.24, 2.45) is 0 Å². The molecular formula is C26H32N4O. The average Bonchev–Trinajstić information content (AvgIpc) is 3.15. The molecule has 0 aromatic heterocycles. The molecule has 2 aromatic rings. The molecule has 2 N–H and O–H groups in total. The SMILES string of the molecule is Cc1ccc(C#CCNCc2ccccc2)cc1C1=CN(C[C@H]2CCCCO2)NN1C. The number of hydrogen-bond donors (Lipinski definition) is 2. The molecule has 0 unspecified atom stereocenters. The van der Waals surface area contributed by atoms with E-state index in [1.807, 2.05) is 6.07 Å². The zero-order valence-electron chi connectivity index (χ0n) is 18.5. The maximum Gasteiger partial charge on any atom is 0.0783 e. The number of aryl methyl sites for hydroxylation is 1. The number of nitrogens with zero attached hydrogens (tertiary/aromatic N) is 2. The Morgan fingerprint density at radius 1 is 1.16 bits per heavy atom. The molecule has 0 spiro atoms. The summed E-state index contributed by atoms with van der Waals surface area (Å²) in [6, 6.07) is 16.8. The number of nitrogens with one attached hydrogen (secondary N) is 2. The van der Waals surface area contributed by atoms with Gasteiger partial charge in [0.15, 0.2) is 0 Å². The summed E-state index contributed by atoms with van der Waals surface area (Å²) >= 11 is 0. The molecule has 2 aliphatic heterocycles. The van der Waals surface area contributed by atoms with Gasteiger partial charge in [0.2, 0.25) is 0 Å². The number of ether oxygens (including phenoxy) is 1. The van der Waals surface area contributed by atoms with Crippen LogP contribution in [0.5, 0.6) is 0 Å². The Morgan fingerprint density at radius 3 is 2.84 bits per heavy atom. The molecule has 0 saturated carbocycles. The van der Waals surface area contributed by atoms with Gasteiger partial charge >= 0.3 is 0 Å². The normalized spacial score (nSPS) is 18.5. The van der Waals surface area contributed by atoms with Crippen molar-refractivity contribution in [1.29, 1.82) is 0 Å². The Balaban J connectivity index is 1.38. The van der Waals surface area contributed by atoms with Crippen molar-refractivity contribution >= 4 is 5.70 Å². The van der Waals surface area contributed by atoms with Crippen LogP contribution in [-0.4, -0.2) is 42.9 Å². The van der Waals surface area contributed by atoms with Gasteiger partial charge in [0.1, 0.15) is 0 Å².